The van der Waals surface area contributed by atoms with Crippen LogP contribution in [-0.2, 0) is 13.0 Å². The van der Waals surface area contributed by atoms with Gasteiger partial charge in [-0.15, -0.1) is 0 Å². The Morgan fingerprint density at radius 3 is 2.09 bits per heavy atom. The monoisotopic (exact) mass is 150 g/mol. The summed E-state index contributed by atoms with van der Waals surface area (Å²) in [5.74, 6) is 0. The number of hydrogen-bond acceptors (Lipinski definition) is 1. The van der Waals surface area contributed by atoms with Crippen molar-refractivity contribution in [2.24, 2.45) is 0 Å². The van der Waals surface area contributed by atoms with Gasteiger partial charge in [-0.05, 0) is 17.5 Å². The van der Waals surface area contributed by atoms with E-state index < -0.39 is 0 Å². The van der Waals surface area contributed by atoms with Crippen molar-refractivity contribution >= 4 is 0 Å². The number of rotatable bonds is 3. The lowest BCUT2D eigenvalue weighted by molar-refractivity contribution is 0.299. The molecule has 0 saturated heterocycles. The Bertz CT molecular complexity index is 205. The van der Waals surface area contributed by atoms with Crippen molar-refractivity contribution in [1.29, 1.82) is 0 Å². The molecule has 0 atom stereocenters. The molecule has 0 amide bonds. The van der Waals surface area contributed by atoms with Crippen molar-refractivity contribution in [2.45, 2.75) is 13.0 Å². The zero-order chi connectivity index (χ0) is 8.10. The largest absolute Gasteiger partial charge is 0.396 e. The van der Waals surface area contributed by atoms with Gasteiger partial charge in [0.1, 0.15) is 0 Å². The lowest BCUT2D eigenvalue weighted by atomic mass is 10.1. The third-order valence-corrected chi connectivity index (χ3v) is 1.63. The highest BCUT2D eigenvalue weighted by molar-refractivity contribution is 5.22. The summed E-state index contributed by atoms with van der Waals surface area (Å²) in [7, 11) is 0. The minimum Gasteiger partial charge on any atom is -0.396 e. The first-order chi connectivity index (χ1) is 5.36. The molecule has 1 aromatic carbocycles. The number of benzene rings is 1. The van der Waals surface area contributed by atoms with E-state index in [9.17, 15) is 0 Å². The van der Waals surface area contributed by atoms with Gasteiger partial charge in [-0.3, -0.25) is 5.73 Å². The molecule has 1 aromatic rings. The van der Waals surface area contributed by atoms with Crippen LogP contribution in [0.3, 0.4) is 0 Å². The van der Waals surface area contributed by atoms with Crippen LogP contribution in [0.5, 0.6) is 0 Å². The van der Waals surface area contributed by atoms with Crippen LogP contribution in [0.2, 0.25) is 0 Å². The molecule has 0 aliphatic rings. The van der Waals surface area contributed by atoms with Crippen LogP contribution in [0.15, 0.2) is 24.3 Å². The van der Waals surface area contributed by atoms with Crippen LogP contribution in [0, 0.1) is 0 Å². The highest BCUT2D eigenvalue weighted by atomic mass is 16.2. The average molecular weight is 150 g/mol. The maximum absolute atomic E-state index is 8.61. The molecule has 2 nitrogen and oxygen atoms in total. The summed E-state index contributed by atoms with van der Waals surface area (Å²) in [5.41, 5.74) is 9.22. The van der Waals surface area contributed by atoms with E-state index in [4.69, 9.17) is 10.8 Å². The van der Waals surface area contributed by atoms with Gasteiger partial charge in [0.2, 0.25) is 0 Å². The van der Waals surface area contributed by atoms with Crippen LogP contribution in [0.4, 0.5) is 0 Å². The number of nitrogens with one attached hydrogen (secondary N) is 1. The van der Waals surface area contributed by atoms with E-state index in [2.05, 4.69) is 0 Å². The molecule has 2 heteroatoms. The summed E-state index contributed by atoms with van der Waals surface area (Å²) in [6, 6.07) is 7.77. The van der Waals surface area contributed by atoms with Gasteiger partial charge in [-0.2, -0.15) is 0 Å². The fraction of sp³-hybridized carbons (Fsp3) is 0.333. The summed E-state index contributed by atoms with van der Waals surface area (Å²) >= 11 is 0. The van der Waals surface area contributed by atoms with Gasteiger partial charge in [0.25, 0.3) is 0 Å². The average Bonchev–Trinajstić information content (AvgIpc) is 2.07. The van der Waals surface area contributed by atoms with Gasteiger partial charge in [0.15, 0.2) is 0 Å². The van der Waals surface area contributed by atoms with Crippen molar-refractivity contribution in [3.63, 3.8) is 0 Å². The molecule has 1 rings (SSSR count). The smallest absolute Gasteiger partial charge is 0.0471 e. The summed E-state index contributed by atoms with van der Waals surface area (Å²) in [4.78, 5) is 0. The topological polar surface area (TPSA) is 44.0 Å². The van der Waals surface area contributed by atoms with E-state index >= 15 is 0 Å². The van der Waals surface area contributed by atoms with Crippen molar-refractivity contribution in [3.8, 4) is 0 Å². The molecule has 0 aliphatic heterocycles. The van der Waals surface area contributed by atoms with Crippen LogP contribution in [0.25, 0.3) is 0 Å². The third-order valence-electron chi connectivity index (χ3n) is 1.63. The summed E-state index contributed by atoms with van der Waals surface area (Å²) in [6.45, 7) is 0.527. The molecule has 0 bridgehead atoms. The van der Waals surface area contributed by atoms with Crippen LogP contribution in [-0.4, -0.2) is 11.7 Å². The summed E-state index contributed by atoms with van der Waals surface area (Å²) < 4.78 is 0. The minimum absolute atomic E-state index is 0.195. The minimum atomic E-state index is 0.195. The van der Waals surface area contributed by atoms with Crippen molar-refractivity contribution < 1.29 is 5.11 Å². The second kappa shape index (κ2) is 4.11. The van der Waals surface area contributed by atoms with Crippen molar-refractivity contribution in [2.75, 3.05) is 6.61 Å². The van der Waals surface area contributed by atoms with E-state index in [1.165, 1.54) is 0 Å². The summed E-state index contributed by atoms with van der Waals surface area (Å²) in [6.07, 6.45) is 0.707. The predicted octanol–water partition coefficient (Wildman–Crippen LogP) is 1.00. The Labute approximate surface area is 66.7 Å². The Hall–Kier alpha value is -0.860. The quantitative estimate of drug-likeness (QED) is 0.686. The fourth-order valence-corrected chi connectivity index (χ4v) is 0.953. The molecule has 0 heterocycles. The molecule has 0 spiro atoms. The normalized spacial score (nSPS) is 10.0. The Morgan fingerprint density at radius 2 is 1.64 bits per heavy atom. The molecule has 0 aliphatic carbocycles. The molecule has 1 radical (unpaired) electrons. The van der Waals surface area contributed by atoms with E-state index in [1.54, 1.807) is 0 Å². The van der Waals surface area contributed by atoms with Crippen molar-refractivity contribution in [1.82, 2.24) is 5.73 Å². The van der Waals surface area contributed by atoms with Crippen LogP contribution >= 0.6 is 0 Å². The van der Waals surface area contributed by atoms with Gasteiger partial charge in [-0.1, -0.05) is 24.3 Å². The van der Waals surface area contributed by atoms with Crippen molar-refractivity contribution in [3.05, 3.63) is 35.4 Å². The molecule has 0 fully saturated rings. The molecule has 2 N–H and O–H groups in total. The highest BCUT2D eigenvalue weighted by Crippen LogP contribution is 2.03. The molecular formula is C9H12NO. The molecule has 11 heavy (non-hydrogen) atoms. The van der Waals surface area contributed by atoms with Gasteiger partial charge in [0.05, 0.1) is 0 Å². The third kappa shape index (κ3) is 2.33. The molecule has 59 valence electrons. The fourth-order valence-electron chi connectivity index (χ4n) is 0.953. The lowest BCUT2D eigenvalue weighted by Crippen LogP contribution is -1.91. The van der Waals surface area contributed by atoms with E-state index in [0.29, 0.717) is 13.0 Å². The highest BCUT2D eigenvalue weighted by Gasteiger charge is 1.91. The second-order valence-corrected chi connectivity index (χ2v) is 2.47. The van der Waals surface area contributed by atoms with Crippen LogP contribution < -0.4 is 5.73 Å². The first-order valence-corrected chi connectivity index (χ1v) is 3.70. The van der Waals surface area contributed by atoms with Gasteiger partial charge in [-0.25, -0.2) is 0 Å². The van der Waals surface area contributed by atoms with Crippen LogP contribution in [0.1, 0.15) is 11.1 Å². The number of aliphatic hydroxyl groups excluding tert-OH is 1. The first-order valence-electron chi connectivity index (χ1n) is 3.70. The van der Waals surface area contributed by atoms with Gasteiger partial charge < -0.3 is 5.11 Å². The Balaban J connectivity index is 2.66. The predicted molar refractivity (Wildman–Crippen MR) is 44.0 cm³/mol. The zero-order valence-corrected chi connectivity index (χ0v) is 6.38. The maximum atomic E-state index is 8.61. The molecule has 0 aromatic heterocycles. The molecule has 0 saturated carbocycles. The second-order valence-electron chi connectivity index (χ2n) is 2.47. The number of aliphatic hydroxyl groups is 1. The Morgan fingerprint density at radius 1 is 1.09 bits per heavy atom. The standard InChI is InChI=1S/C9H12NO/c10-7-9-3-1-8(2-4-9)5-6-11/h1-4,10-11H,5-7H2. The van der Waals surface area contributed by atoms with E-state index in [0.717, 1.165) is 11.1 Å². The maximum Gasteiger partial charge on any atom is 0.0471 e. The van der Waals surface area contributed by atoms with E-state index in [-0.39, 0.29) is 6.61 Å². The SMILES string of the molecule is [NH]Cc1ccc(CCO)cc1. The Kier molecular flexibility index (Phi) is 3.08. The summed E-state index contributed by atoms with van der Waals surface area (Å²) in [5, 5.41) is 8.61. The zero-order valence-electron chi connectivity index (χ0n) is 6.38. The lowest BCUT2D eigenvalue weighted by Gasteiger charge is -1.98. The number of hydrogen-bond donors (Lipinski definition) is 1. The van der Waals surface area contributed by atoms with E-state index in [1.807, 2.05) is 24.3 Å². The molecular weight excluding hydrogens is 138 g/mol. The molecule has 0 unspecified atom stereocenters. The van der Waals surface area contributed by atoms with Gasteiger partial charge in [0, 0.05) is 13.2 Å². The van der Waals surface area contributed by atoms with Gasteiger partial charge >= 0.3 is 0 Å². The first kappa shape index (κ1) is 8.24.